The van der Waals surface area contributed by atoms with Crippen LogP contribution >= 0.6 is 0 Å². The molecule has 2 aromatic carbocycles. The van der Waals surface area contributed by atoms with Crippen LogP contribution in [0.15, 0.2) is 71.3 Å². The quantitative estimate of drug-likeness (QED) is 0.235. The van der Waals surface area contributed by atoms with Crippen LogP contribution in [-0.2, 0) is 6.42 Å². The average molecular weight is 514 g/mol. The van der Waals surface area contributed by atoms with Crippen LogP contribution in [0.5, 0.6) is 0 Å². The number of benzene rings is 2. The van der Waals surface area contributed by atoms with E-state index in [9.17, 15) is 9.59 Å². The van der Waals surface area contributed by atoms with Gasteiger partial charge in [0.2, 0.25) is 11.7 Å². The number of rotatable bonds is 11. The Morgan fingerprint density at radius 1 is 0.974 bits per heavy atom. The highest BCUT2D eigenvalue weighted by Gasteiger charge is 2.23. The molecule has 8 heteroatoms. The minimum absolute atomic E-state index is 0.0978. The molecule has 4 rings (SSSR count). The van der Waals surface area contributed by atoms with E-state index in [4.69, 9.17) is 4.42 Å². The minimum Gasteiger partial charge on any atom is -0.431 e. The van der Waals surface area contributed by atoms with Crippen molar-refractivity contribution in [2.24, 2.45) is 0 Å². The largest absolute Gasteiger partial charge is 0.431 e. The second kappa shape index (κ2) is 11.9. The molecule has 0 fully saturated rings. The molecule has 3 N–H and O–H groups in total. The van der Waals surface area contributed by atoms with Crippen LogP contribution in [0, 0.1) is 0 Å². The topological polar surface area (TPSA) is 113 Å². The molecule has 2 aromatic heterocycles. The fraction of sp³-hybridized carbons (Fsp3) is 0.333. The molecular weight excluding hydrogens is 478 g/mol. The molecule has 2 heterocycles. The van der Waals surface area contributed by atoms with Crippen LogP contribution in [0.2, 0.25) is 0 Å². The van der Waals surface area contributed by atoms with E-state index in [0.29, 0.717) is 22.8 Å². The highest BCUT2D eigenvalue weighted by molar-refractivity contribution is 5.94. The molecular formula is C30H35N5O3. The van der Waals surface area contributed by atoms with Crippen LogP contribution in [0.1, 0.15) is 73.6 Å². The number of aromatic nitrogens is 3. The number of hydrogen-bond donors (Lipinski definition) is 3. The van der Waals surface area contributed by atoms with Gasteiger partial charge >= 0.3 is 0 Å². The fourth-order valence-corrected chi connectivity index (χ4v) is 4.20. The zero-order valence-corrected chi connectivity index (χ0v) is 22.4. The third kappa shape index (κ3) is 6.76. The molecule has 0 saturated carbocycles. The molecule has 2 amide bonds. The zero-order valence-electron chi connectivity index (χ0n) is 22.4. The predicted octanol–water partition coefficient (Wildman–Crippen LogP) is 5.79. The smallest absolute Gasteiger partial charge is 0.288 e. The van der Waals surface area contributed by atoms with Gasteiger partial charge in [0.1, 0.15) is 0 Å². The summed E-state index contributed by atoms with van der Waals surface area (Å²) >= 11 is 0. The lowest BCUT2D eigenvalue weighted by molar-refractivity contribution is 0.0897. The minimum atomic E-state index is -0.394. The number of hydrogen-bond acceptors (Lipinski definition) is 5. The van der Waals surface area contributed by atoms with Gasteiger partial charge in [0.05, 0.1) is 11.9 Å². The summed E-state index contributed by atoms with van der Waals surface area (Å²) in [7, 11) is 0. The molecule has 0 aliphatic carbocycles. The van der Waals surface area contributed by atoms with Gasteiger partial charge in [0.15, 0.2) is 5.69 Å². The van der Waals surface area contributed by atoms with Gasteiger partial charge in [-0.1, -0.05) is 56.3 Å². The van der Waals surface area contributed by atoms with E-state index < -0.39 is 5.54 Å². The molecule has 0 bridgehead atoms. The van der Waals surface area contributed by atoms with Crippen LogP contribution in [0.3, 0.4) is 0 Å². The van der Waals surface area contributed by atoms with Crippen LogP contribution in [-0.4, -0.2) is 38.6 Å². The second-order valence-electron chi connectivity index (χ2n) is 10.1. The van der Waals surface area contributed by atoms with Crippen LogP contribution < -0.4 is 10.6 Å². The first-order valence-corrected chi connectivity index (χ1v) is 13.1. The van der Waals surface area contributed by atoms with Gasteiger partial charge in [0.25, 0.3) is 11.8 Å². The van der Waals surface area contributed by atoms with Gasteiger partial charge in [-0.25, -0.2) is 4.98 Å². The van der Waals surface area contributed by atoms with E-state index in [1.165, 1.54) is 11.8 Å². The van der Waals surface area contributed by atoms with Crippen molar-refractivity contribution >= 4 is 11.8 Å². The first-order chi connectivity index (χ1) is 18.3. The highest BCUT2D eigenvalue weighted by Crippen LogP contribution is 2.26. The normalized spacial score (nSPS) is 11.5. The van der Waals surface area contributed by atoms with Gasteiger partial charge in [-0.15, -0.1) is 0 Å². The van der Waals surface area contributed by atoms with Gasteiger partial charge in [0, 0.05) is 22.7 Å². The van der Waals surface area contributed by atoms with E-state index in [-0.39, 0.29) is 23.6 Å². The number of nitrogens with one attached hydrogen (secondary N) is 3. The Kier molecular flexibility index (Phi) is 8.41. The first kappa shape index (κ1) is 26.9. The van der Waals surface area contributed by atoms with E-state index in [1.54, 1.807) is 6.07 Å². The Balaban J connectivity index is 1.42. The maximum absolute atomic E-state index is 12.9. The summed E-state index contributed by atoms with van der Waals surface area (Å²) in [6.07, 6.45) is 4.81. The number of carbonyl (C=O) groups excluding carboxylic acids is 2. The van der Waals surface area contributed by atoms with Crippen molar-refractivity contribution in [3.63, 3.8) is 0 Å². The van der Waals surface area contributed by atoms with E-state index >= 15 is 0 Å². The van der Waals surface area contributed by atoms with Crippen molar-refractivity contribution in [1.82, 2.24) is 25.8 Å². The monoisotopic (exact) mass is 513 g/mol. The van der Waals surface area contributed by atoms with Crippen molar-refractivity contribution in [2.45, 2.75) is 65.0 Å². The molecule has 0 saturated heterocycles. The number of H-pyrrole nitrogens is 1. The molecule has 198 valence electrons. The molecule has 0 radical (unpaired) electrons. The SMILES string of the molecule is CCC(CC)NC(=O)c1cnc(-c2cccc(-c3cc(C(=O)NC(C)(C)CCc4ccccc4)n[nH]3)c2)o1. The number of aromatic amines is 1. The lowest BCUT2D eigenvalue weighted by Gasteiger charge is -2.26. The standard InChI is InChI=1S/C30H35N5O3/c1-5-23(6-2)32-28(37)26-19-31-29(38-26)22-14-10-13-21(17-22)24-18-25(35-34-24)27(36)33-30(3,4)16-15-20-11-8-7-9-12-20/h7-14,17-19,23H,5-6,15-16H2,1-4H3,(H,32,37)(H,33,36)(H,34,35). The summed E-state index contributed by atoms with van der Waals surface area (Å²) in [5.41, 5.74) is 3.38. The van der Waals surface area contributed by atoms with Crippen LogP contribution in [0.25, 0.3) is 22.7 Å². The third-order valence-corrected chi connectivity index (χ3v) is 6.61. The number of oxazole rings is 1. The molecule has 4 aromatic rings. The number of amides is 2. The van der Waals surface area contributed by atoms with Crippen molar-refractivity contribution < 1.29 is 14.0 Å². The van der Waals surface area contributed by atoms with Crippen molar-refractivity contribution in [3.05, 3.63) is 83.9 Å². The Morgan fingerprint density at radius 3 is 2.45 bits per heavy atom. The van der Waals surface area contributed by atoms with Gasteiger partial charge in [-0.3, -0.25) is 14.7 Å². The molecule has 0 spiro atoms. The molecule has 38 heavy (non-hydrogen) atoms. The van der Waals surface area contributed by atoms with Gasteiger partial charge in [-0.2, -0.15) is 5.10 Å². The molecule has 8 nitrogen and oxygen atoms in total. The predicted molar refractivity (Wildman–Crippen MR) is 148 cm³/mol. The van der Waals surface area contributed by atoms with Gasteiger partial charge < -0.3 is 15.1 Å². The Hall–Kier alpha value is -4.20. The zero-order chi connectivity index (χ0) is 27.1. The van der Waals surface area contributed by atoms with Crippen molar-refractivity contribution in [2.75, 3.05) is 0 Å². The highest BCUT2D eigenvalue weighted by atomic mass is 16.4. The number of carbonyl (C=O) groups is 2. The average Bonchev–Trinajstić information content (AvgIpc) is 3.62. The first-order valence-electron chi connectivity index (χ1n) is 13.1. The summed E-state index contributed by atoms with van der Waals surface area (Å²) in [5.74, 6) is 0.0129. The Morgan fingerprint density at radius 2 is 1.71 bits per heavy atom. The summed E-state index contributed by atoms with van der Waals surface area (Å²) in [6.45, 7) is 8.09. The molecule has 0 aliphatic heterocycles. The van der Waals surface area contributed by atoms with Gasteiger partial charge in [-0.05, 0) is 63.3 Å². The van der Waals surface area contributed by atoms with E-state index in [0.717, 1.165) is 31.2 Å². The lowest BCUT2D eigenvalue weighted by atomic mass is 9.95. The lowest BCUT2D eigenvalue weighted by Crippen LogP contribution is -2.43. The van der Waals surface area contributed by atoms with Crippen LogP contribution in [0.4, 0.5) is 0 Å². The maximum Gasteiger partial charge on any atom is 0.288 e. The number of nitrogens with zero attached hydrogens (tertiary/aromatic N) is 2. The summed E-state index contributed by atoms with van der Waals surface area (Å²) in [6, 6.07) is 19.6. The third-order valence-electron chi connectivity index (χ3n) is 6.61. The van der Waals surface area contributed by atoms with Crippen molar-refractivity contribution in [3.8, 4) is 22.7 Å². The maximum atomic E-state index is 12.9. The Bertz CT molecular complexity index is 1370. The second-order valence-corrected chi connectivity index (χ2v) is 10.1. The number of aryl methyl sites for hydroxylation is 1. The van der Waals surface area contributed by atoms with E-state index in [1.807, 2.05) is 70.2 Å². The summed E-state index contributed by atoms with van der Waals surface area (Å²) < 4.78 is 5.75. The molecule has 0 aliphatic rings. The summed E-state index contributed by atoms with van der Waals surface area (Å²) in [4.78, 5) is 29.7. The molecule has 0 unspecified atom stereocenters. The fourth-order valence-electron chi connectivity index (χ4n) is 4.20. The summed E-state index contributed by atoms with van der Waals surface area (Å²) in [5, 5.41) is 13.2. The molecule has 0 atom stereocenters. The van der Waals surface area contributed by atoms with E-state index in [2.05, 4.69) is 37.9 Å². The Labute approximate surface area is 223 Å². The van der Waals surface area contributed by atoms with Crippen molar-refractivity contribution in [1.29, 1.82) is 0 Å².